The molecule has 128 valence electrons. The summed E-state index contributed by atoms with van der Waals surface area (Å²) in [6.07, 6.45) is 3.03. The van der Waals surface area contributed by atoms with E-state index in [4.69, 9.17) is 27.9 Å². The average molecular weight is 376 g/mol. The van der Waals surface area contributed by atoms with Crippen LogP contribution in [0.1, 0.15) is 23.5 Å². The molecule has 0 aliphatic heterocycles. The Labute approximate surface area is 155 Å². The fourth-order valence-corrected chi connectivity index (χ4v) is 2.88. The van der Waals surface area contributed by atoms with Crippen LogP contribution in [0.4, 0.5) is 0 Å². The molecule has 0 bridgehead atoms. The molecule has 3 aromatic rings. The van der Waals surface area contributed by atoms with E-state index in [0.717, 1.165) is 12.0 Å². The number of benzene rings is 1. The Hall–Kier alpha value is -2.20. The number of hydrogen-bond acceptors (Lipinski definition) is 5. The maximum atomic E-state index is 9.25. The van der Waals surface area contributed by atoms with Crippen molar-refractivity contribution < 1.29 is 4.74 Å². The van der Waals surface area contributed by atoms with E-state index in [1.807, 2.05) is 16.7 Å². The molecule has 0 amide bonds. The lowest BCUT2D eigenvalue weighted by molar-refractivity contribution is 0.190. The molecule has 3 rings (SSSR count). The predicted octanol–water partition coefficient (Wildman–Crippen LogP) is 3.63. The van der Waals surface area contributed by atoms with Crippen molar-refractivity contribution in [1.82, 2.24) is 19.5 Å². The molecule has 25 heavy (non-hydrogen) atoms. The first-order valence-electron chi connectivity index (χ1n) is 7.67. The topological polar surface area (TPSA) is 76.6 Å². The number of aromatic nitrogens is 4. The summed E-state index contributed by atoms with van der Waals surface area (Å²) in [7, 11) is 1.66. The summed E-state index contributed by atoms with van der Waals surface area (Å²) >= 11 is 12.0. The molecule has 1 aromatic carbocycles. The normalized spacial score (nSPS) is 11.0. The molecule has 0 aliphatic carbocycles. The van der Waals surface area contributed by atoms with Crippen molar-refractivity contribution >= 4 is 34.4 Å². The summed E-state index contributed by atoms with van der Waals surface area (Å²) in [5, 5.41) is 10.2. The van der Waals surface area contributed by atoms with E-state index in [2.05, 4.69) is 15.0 Å². The van der Waals surface area contributed by atoms with Crippen LogP contribution < -0.4 is 0 Å². The second-order valence-corrected chi connectivity index (χ2v) is 6.30. The van der Waals surface area contributed by atoms with Gasteiger partial charge in [0.1, 0.15) is 11.6 Å². The number of nitriles is 1. The Morgan fingerprint density at radius 2 is 2.08 bits per heavy atom. The van der Waals surface area contributed by atoms with E-state index in [0.29, 0.717) is 46.5 Å². The zero-order chi connectivity index (χ0) is 17.8. The number of nitrogens with zero attached hydrogens (tertiary/aromatic N) is 5. The van der Waals surface area contributed by atoms with Gasteiger partial charge >= 0.3 is 0 Å². The average Bonchev–Trinajstić information content (AvgIpc) is 3.01. The Kier molecular flexibility index (Phi) is 5.49. The molecular weight excluding hydrogens is 361 g/mol. The Bertz CT molecular complexity index is 948. The highest BCUT2D eigenvalue weighted by atomic mass is 35.5. The number of rotatable bonds is 6. The van der Waals surface area contributed by atoms with Crippen molar-refractivity contribution in [2.75, 3.05) is 13.7 Å². The van der Waals surface area contributed by atoms with Gasteiger partial charge in [-0.05, 0) is 24.1 Å². The molecule has 0 spiro atoms. The number of aryl methyl sites for hydroxylation is 1. The molecule has 0 atom stereocenters. The molecule has 2 heterocycles. The number of imidazole rings is 1. The van der Waals surface area contributed by atoms with E-state index in [-0.39, 0.29) is 5.82 Å². The summed E-state index contributed by atoms with van der Waals surface area (Å²) < 4.78 is 6.99. The first-order chi connectivity index (χ1) is 12.1. The maximum Gasteiger partial charge on any atom is 0.234 e. The first-order valence-corrected chi connectivity index (χ1v) is 8.42. The monoisotopic (exact) mass is 375 g/mol. The molecule has 0 radical (unpaired) electrons. The van der Waals surface area contributed by atoms with Crippen molar-refractivity contribution in [3.8, 4) is 6.07 Å². The Morgan fingerprint density at radius 3 is 2.80 bits per heavy atom. The van der Waals surface area contributed by atoms with Gasteiger partial charge in [0, 0.05) is 26.7 Å². The van der Waals surface area contributed by atoms with E-state index in [1.54, 1.807) is 25.6 Å². The van der Waals surface area contributed by atoms with Gasteiger partial charge in [0.15, 0.2) is 5.65 Å². The second kappa shape index (κ2) is 7.79. The molecule has 6 nitrogen and oxygen atoms in total. The Balaban J connectivity index is 1.99. The van der Waals surface area contributed by atoms with E-state index < -0.39 is 0 Å². The van der Waals surface area contributed by atoms with Crippen molar-refractivity contribution in [1.29, 1.82) is 5.26 Å². The van der Waals surface area contributed by atoms with Crippen LogP contribution in [0.2, 0.25) is 10.0 Å². The zero-order valence-corrected chi connectivity index (χ0v) is 15.0. The molecule has 0 unspecified atom stereocenters. The minimum atomic E-state index is 0.121. The lowest BCUT2D eigenvalue weighted by Crippen LogP contribution is -2.04. The number of methoxy groups -OCH3 is 1. The van der Waals surface area contributed by atoms with Crippen LogP contribution in [0.15, 0.2) is 24.5 Å². The van der Waals surface area contributed by atoms with E-state index in [1.165, 1.54) is 0 Å². The number of halogens is 2. The third kappa shape index (κ3) is 3.90. The Morgan fingerprint density at radius 1 is 1.24 bits per heavy atom. The van der Waals surface area contributed by atoms with Gasteiger partial charge in [-0.1, -0.05) is 29.3 Å². The van der Waals surface area contributed by atoms with Gasteiger partial charge in [-0.2, -0.15) is 10.2 Å². The minimum absolute atomic E-state index is 0.121. The van der Waals surface area contributed by atoms with Crippen molar-refractivity contribution in [3.63, 3.8) is 0 Å². The van der Waals surface area contributed by atoms with E-state index in [9.17, 15) is 5.26 Å². The van der Waals surface area contributed by atoms with Crippen LogP contribution in [0, 0.1) is 11.3 Å². The van der Waals surface area contributed by atoms with Crippen LogP contribution in [0.5, 0.6) is 0 Å². The van der Waals surface area contributed by atoms with Gasteiger partial charge in [0.25, 0.3) is 0 Å². The summed E-state index contributed by atoms with van der Waals surface area (Å²) in [5.41, 5.74) is 2.96. The molecule has 0 fully saturated rings. The SMILES string of the molecule is COCCCn1cnc2c(Cc3ccc(Cl)c(Cl)c3)nc(C#N)nc21. The third-order valence-corrected chi connectivity index (χ3v) is 4.48. The largest absolute Gasteiger partial charge is 0.385 e. The van der Waals surface area contributed by atoms with Crippen LogP contribution in [0.3, 0.4) is 0 Å². The molecular formula is C17H15Cl2N5O. The summed E-state index contributed by atoms with van der Waals surface area (Å²) in [6.45, 7) is 1.35. The first kappa shape index (κ1) is 17.6. The van der Waals surface area contributed by atoms with Crippen LogP contribution in [-0.2, 0) is 17.7 Å². The number of ether oxygens (including phenoxy) is 1. The summed E-state index contributed by atoms with van der Waals surface area (Å²) in [4.78, 5) is 13.1. The van der Waals surface area contributed by atoms with E-state index >= 15 is 0 Å². The van der Waals surface area contributed by atoms with Gasteiger partial charge < -0.3 is 9.30 Å². The third-order valence-electron chi connectivity index (χ3n) is 3.74. The van der Waals surface area contributed by atoms with Crippen LogP contribution in [-0.4, -0.2) is 33.2 Å². The minimum Gasteiger partial charge on any atom is -0.385 e. The highest BCUT2D eigenvalue weighted by Crippen LogP contribution is 2.25. The van der Waals surface area contributed by atoms with Gasteiger partial charge in [0.2, 0.25) is 5.82 Å². The lowest BCUT2D eigenvalue weighted by atomic mass is 10.1. The maximum absolute atomic E-state index is 9.25. The second-order valence-electron chi connectivity index (χ2n) is 5.49. The highest BCUT2D eigenvalue weighted by molar-refractivity contribution is 6.42. The van der Waals surface area contributed by atoms with Gasteiger partial charge in [-0.15, -0.1) is 0 Å². The lowest BCUT2D eigenvalue weighted by Gasteiger charge is -2.06. The fraction of sp³-hybridized carbons (Fsp3) is 0.294. The zero-order valence-electron chi connectivity index (χ0n) is 13.5. The molecule has 0 N–H and O–H groups in total. The van der Waals surface area contributed by atoms with Gasteiger partial charge in [0.05, 0.1) is 22.1 Å². The number of hydrogen-bond donors (Lipinski definition) is 0. The van der Waals surface area contributed by atoms with Gasteiger partial charge in [-0.25, -0.2) is 9.97 Å². The quantitative estimate of drug-likeness (QED) is 0.614. The standard InChI is InChI=1S/C17H15Cl2N5O/c1-25-6-2-5-24-10-21-16-14(22-15(9-20)23-17(16)24)8-11-3-4-12(18)13(19)7-11/h3-4,7,10H,2,5-6,8H2,1H3. The molecule has 8 heteroatoms. The summed E-state index contributed by atoms with van der Waals surface area (Å²) in [6, 6.07) is 7.43. The molecule has 2 aromatic heterocycles. The number of fused-ring (bicyclic) bond motifs is 1. The van der Waals surface area contributed by atoms with Crippen molar-refractivity contribution in [2.24, 2.45) is 0 Å². The highest BCUT2D eigenvalue weighted by Gasteiger charge is 2.14. The fourth-order valence-electron chi connectivity index (χ4n) is 2.56. The summed E-state index contributed by atoms with van der Waals surface area (Å²) in [5.74, 6) is 0.121. The van der Waals surface area contributed by atoms with Crippen molar-refractivity contribution in [2.45, 2.75) is 19.4 Å². The smallest absolute Gasteiger partial charge is 0.234 e. The molecule has 0 saturated carbocycles. The van der Waals surface area contributed by atoms with Crippen molar-refractivity contribution in [3.05, 3.63) is 51.7 Å². The van der Waals surface area contributed by atoms with Crippen LogP contribution in [0.25, 0.3) is 11.2 Å². The predicted molar refractivity (Wildman–Crippen MR) is 95.8 cm³/mol. The molecule has 0 aliphatic rings. The van der Waals surface area contributed by atoms with Crippen LogP contribution >= 0.6 is 23.2 Å². The van der Waals surface area contributed by atoms with Gasteiger partial charge in [-0.3, -0.25) is 0 Å². The molecule has 0 saturated heterocycles.